The summed E-state index contributed by atoms with van der Waals surface area (Å²) in [5, 5.41) is 3.46. The largest absolute Gasteiger partial charge is 0.496 e. The van der Waals surface area contributed by atoms with E-state index in [-0.39, 0.29) is 5.41 Å². The Kier molecular flexibility index (Phi) is 3.64. The number of aryl methyl sites for hydroxylation is 2. The van der Waals surface area contributed by atoms with E-state index in [0.29, 0.717) is 6.04 Å². The van der Waals surface area contributed by atoms with Crippen LogP contribution in [-0.2, 0) is 0 Å². The maximum absolute atomic E-state index is 5.96. The molecule has 18 heavy (non-hydrogen) atoms. The Labute approximate surface area is 110 Å². The topological polar surface area (TPSA) is 47.3 Å². The summed E-state index contributed by atoms with van der Waals surface area (Å²) in [5.74, 6) is 0.962. The van der Waals surface area contributed by atoms with Crippen molar-refractivity contribution in [2.45, 2.75) is 32.7 Å². The van der Waals surface area contributed by atoms with E-state index in [1.165, 1.54) is 29.5 Å². The molecule has 3 heteroatoms. The second-order valence-corrected chi connectivity index (χ2v) is 5.47. The number of nitrogens with one attached hydrogen (secondary N) is 1. The van der Waals surface area contributed by atoms with Crippen LogP contribution in [0.3, 0.4) is 0 Å². The Bertz CT molecular complexity index is 438. The van der Waals surface area contributed by atoms with E-state index in [0.717, 1.165) is 12.3 Å². The molecule has 2 rings (SSSR count). The number of ether oxygens (including phenoxy) is 1. The predicted molar refractivity (Wildman–Crippen MR) is 75.0 cm³/mol. The summed E-state index contributed by atoms with van der Waals surface area (Å²) in [7, 11) is 3.75. The molecule has 1 aliphatic carbocycles. The van der Waals surface area contributed by atoms with Crippen LogP contribution in [0.5, 0.6) is 5.75 Å². The van der Waals surface area contributed by atoms with E-state index in [1.54, 1.807) is 7.11 Å². The molecule has 0 spiro atoms. The van der Waals surface area contributed by atoms with Crippen molar-refractivity contribution in [3.8, 4) is 5.75 Å². The highest BCUT2D eigenvalue weighted by molar-refractivity contribution is 5.44. The Morgan fingerprint density at radius 2 is 2.00 bits per heavy atom. The van der Waals surface area contributed by atoms with E-state index in [9.17, 15) is 0 Å². The summed E-state index contributed by atoms with van der Waals surface area (Å²) in [4.78, 5) is 0. The van der Waals surface area contributed by atoms with Gasteiger partial charge in [-0.15, -0.1) is 0 Å². The van der Waals surface area contributed by atoms with Crippen molar-refractivity contribution in [3.63, 3.8) is 0 Å². The van der Waals surface area contributed by atoms with Gasteiger partial charge < -0.3 is 15.8 Å². The maximum atomic E-state index is 5.96. The first kappa shape index (κ1) is 13.4. The monoisotopic (exact) mass is 248 g/mol. The van der Waals surface area contributed by atoms with Gasteiger partial charge in [0, 0.05) is 11.5 Å². The molecular formula is C15H24N2O. The molecule has 1 aromatic carbocycles. The van der Waals surface area contributed by atoms with E-state index >= 15 is 0 Å². The van der Waals surface area contributed by atoms with Crippen LogP contribution in [0.1, 0.15) is 35.6 Å². The molecule has 1 fully saturated rings. The molecule has 0 saturated heterocycles. The molecule has 0 aliphatic heterocycles. The van der Waals surface area contributed by atoms with Crippen LogP contribution in [-0.4, -0.2) is 20.7 Å². The van der Waals surface area contributed by atoms with Gasteiger partial charge in [0.05, 0.1) is 7.11 Å². The van der Waals surface area contributed by atoms with Crippen molar-refractivity contribution < 1.29 is 4.74 Å². The highest BCUT2D eigenvalue weighted by atomic mass is 16.5. The second-order valence-electron chi connectivity index (χ2n) is 5.47. The molecular weight excluding hydrogens is 224 g/mol. The lowest BCUT2D eigenvalue weighted by atomic mass is 9.86. The molecule has 0 aromatic heterocycles. The number of methoxy groups -OCH3 is 1. The molecule has 100 valence electrons. The average Bonchev–Trinajstić information content (AvgIpc) is 3.15. The number of hydrogen-bond donors (Lipinski definition) is 2. The standard InChI is InChI=1S/C15H24N2O/c1-10-8-13(18-4)11(2)7-12(10)14(17-3)15(9-16)5-6-15/h7-8,14,17H,5-6,9,16H2,1-4H3. The van der Waals surface area contributed by atoms with Crippen molar-refractivity contribution in [2.24, 2.45) is 11.1 Å². The minimum absolute atomic E-state index is 0.264. The van der Waals surface area contributed by atoms with E-state index in [2.05, 4.69) is 31.3 Å². The van der Waals surface area contributed by atoms with Gasteiger partial charge in [-0.25, -0.2) is 0 Å². The Balaban J connectivity index is 2.40. The third kappa shape index (κ3) is 2.13. The summed E-state index contributed by atoms with van der Waals surface area (Å²) >= 11 is 0. The molecule has 3 N–H and O–H groups in total. The first-order valence-electron chi connectivity index (χ1n) is 6.60. The van der Waals surface area contributed by atoms with Crippen molar-refractivity contribution >= 4 is 0 Å². The lowest BCUT2D eigenvalue weighted by Gasteiger charge is -2.28. The highest BCUT2D eigenvalue weighted by Crippen LogP contribution is 2.54. The van der Waals surface area contributed by atoms with E-state index in [4.69, 9.17) is 10.5 Å². The lowest BCUT2D eigenvalue weighted by molar-refractivity contribution is 0.364. The fourth-order valence-electron chi connectivity index (χ4n) is 2.91. The molecule has 0 amide bonds. The van der Waals surface area contributed by atoms with Crippen LogP contribution in [0, 0.1) is 19.3 Å². The molecule has 1 unspecified atom stereocenters. The first-order valence-corrected chi connectivity index (χ1v) is 6.60. The smallest absolute Gasteiger partial charge is 0.122 e. The predicted octanol–water partition coefficient (Wildman–Crippen LogP) is 2.31. The van der Waals surface area contributed by atoms with Gasteiger partial charge in [0.15, 0.2) is 0 Å². The van der Waals surface area contributed by atoms with Crippen LogP contribution in [0.25, 0.3) is 0 Å². The van der Waals surface area contributed by atoms with Crippen LogP contribution >= 0.6 is 0 Å². The van der Waals surface area contributed by atoms with Gasteiger partial charge in [-0.3, -0.25) is 0 Å². The summed E-state index contributed by atoms with van der Waals surface area (Å²) < 4.78 is 5.38. The normalized spacial score (nSPS) is 18.5. The van der Waals surface area contributed by atoms with Crippen molar-refractivity contribution in [1.29, 1.82) is 0 Å². The molecule has 1 aromatic rings. The zero-order chi connectivity index (χ0) is 13.3. The molecule has 0 radical (unpaired) electrons. The quantitative estimate of drug-likeness (QED) is 0.840. The number of rotatable bonds is 5. The van der Waals surface area contributed by atoms with Crippen LogP contribution in [0.15, 0.2) is 12.1 Å². The van der Waals surface area contributed by atoms with Crippen LogP contribution in [0.4, 0.5) is 0 Å². The second kappa shape index (κ2) is 4.90. The van der Waals surface area contributed by atoms with Crippen molar-refractivity contribution in [3.05, 3.63) is 28.8 Å². The van der Waals surface area contributed by atoms with Gasteiger partial charge in [0.1, 0.15) is 5.75 Å². The third-order valence-electron chi connectivity index (χ3n) is 4.29. The van der Waals surface area contributed by atoms with Crippen molar-refractivity contribution in [2.75, 3.05) is 20.7 Å². The summed E-state index contributed by atoms with van der Waals surface area (Å²) in [5.41, 5.74) is 10.0. The number of hydrogen-bond acceptors (Lipinski definition) is 3. The van der Waals surface area contributed by atoms with Crippen molar-refractivity contribution in [1.82, 2.24) is 5.32 Å². The minimum atomic E-state index is 0.264. The van der Waals surface area contributed by atoms with Gasteiger partial charge in [0.2, 0.25) is 0 Å². The Morgan fingerprint density at radius 1 is 1.33 bits per heavy atom. The van der Waals surface area contributed by atoms with Crippen LogP contribution in [0.2, 0.25) is 0 Å². The molecule has 1 atom stereocenters. The van der Waals surface area contributed by atoms with Gasteiger partial charge in [-0.2, -0.15) is 0 Å². The van der Waals surface area contributed by atoms with E-state index < -0.39 is 0 Å². The highest BCUT2D eigenvalue weighted by Gasteiger charge is 2.48. The Morgan fingerprint density at radius 3 is 2.44 bits per heavy atom. The van der Waals surface area contributed by atoms with Crippen LogP contribution < -0.4 is 15.8 Å². The zero-order valence-electron chi connectivity index (χ0n) is 11.8. The fourth-order valence-corrected chi connectivity index (χ4v) is 2.91. The molecule has 1 saturated carbocycles. The maximum Gasteiger partial charge on any atom is 0.122 e. The first-order chi connectivity index (χ1) is 8.57. The minimum Gasteiger partial charge on any atom is -0.496 e. The summed E-state index contributed by atoms with van der Waals surface area (Å²) in [6.07, 6.45) is 2.44. The summed E-state index contributed by atoms with van der Waals surface area (Å²) in [6.45, 7) is 4.99. The van der Waals surface area contributed by atoms with E-state index in [1.807, 2.05) is 7.05 Å². The fraction of sp³-hybridized carbons (Fsp3) is 0.600. The number of benzene rings is 1. The molecule has 0 heterocycles. The lowest BCUT2D eigenvalue weighted by Crippen LogP contribution is -2.32. The van der Waals surface area contributed by atoms with Gasteiger partial charge in [-0.05, 0) is 63.0 Å². The zero-order valence-corrected chi connectivity index (χ0v) is 11.8. The number of nitrogens with two attached hydrogens (primary N) is 1. The third-order valence-corrected chi connectivity index (χ3v) is 4.29. The Hall–Kier alpha value is -1.06. The SMILES string of the molecule is CNC(c1cc(C)c(OC)cc1C)C1(CN)CC1. The molecule has 0 bridgehead atoms. The van der Waals surface area contributed by atoms with Gasteiger partial charge >= 0.3 is 0 Å². The molecule has 1 aliphatic rings. The molecule has 3 nitrogen and oxygen atoms in total. The average molecular weight is 248 g/mol. The van der Waals surface area contributed by atoms with Gasteiger partial charge in [-0.1, -0.05) is 6.07 Å². The van der Waals surface area contributed by atoms with Gasteiger partial charge in [0.25, 0.3) is 0 Å². The summed E-state index contributed by atoms with van der Waals surface area (Å²) in [6, 6.07) is 4.72.